The van der Waals surface area contributed by atoms with Gasteiger partial charge < -0.3 is 14.8 Å². The molecule has 1 aliphatic heterocycles. The molecule has 0 spiro atoms. The van der Waals surface area contributed by atoms with Gasteiger partial charge in [0.2, 0.25) is 0 Å². The molecule has 3 aromatic rings. The van der Waals surface area contributed by atoms with E-state index in [4.69, 9.17) is 32.7 Å². The lowest BCUT2D eigenvalue weighted by Crippen LogP contribution is -2.27. The van der Waals surface area contributed by atoms with Crippen LogP contribution in [0.4, 0.5) is 10.5 Å². The lowest BCUT2D eigenvalue weighted by molar-refractivity contribution is -0.123. The zero-order chi connectivity index (χ0) is 27.4. The highest BCUT2D eigenvalue weighted by atomic mass is 127. The maximum atomic E-state index is 13.0. The molecule has 1 N–H and O–H groups in total. The van der Waals surface area contributed by atoms with Gasteiger partial charge >= 0.3 is 0 Å². The third kappa shape index (κ3) is 6.82. The van der Waals surface area contributed by atoms with Crippen LogP contribution in [0, 0.1) is 10.5 Å². The number of carbonyl (C=O) groups is 3. The number of hydrogen-bond donors (Lipinski definition) is 1. The Balaban J connectivity index is 1.46. The summed E-state index contributed by atoms with van der Waals surface area (Å²) < 4.78 is 11.9. The van der Waals surface area contributed by atoms with E-state index in [1.807, 2.05) is 13.0 Å². The van der Waals surface area contributed by atoms with Crippen LogP contribution in [-0.2, 0) is 16.1 Å². The number of ether oxygens (including phenoxy) is 2. The molecule has 4 rings (SSSR count). The fourth-order valence-electron chi connectivity index (χ4n) is 3.57. The van der Waals surface area contributed by atoms with Crippen LogP contribution in [0.3, 0.4) is 0 Å². The van der Waals surface area contributed by atoms with Crippen molar-refractivity contribution in [2.45, 2.75) is 13.5 Å². The molecule has 3 aromatic carbocycles. The zero-order valence-corrected chi connectivity index (χ0v) is 24.7. The summed E-state index contributed by atoms with van der Waals surface area (Å²) in [7, 11) is 1.48. The summed E-state index contributed by atoms with van der Waals surface area (Å²) in [4.78, 5) is 39.4. The summed E-state index contributed by atoms with van der Waals surface area (Å²) in [6.45, 7) is 1.76. The fourth-order valence-corrected chi connectivity index (χ4v) is 5.59. The molecule has 196 valence electrons. The summed E-state index contributed by atoms with van der Waals surface area (Å²) >= 11 is 15.1. The molecule has 11 heteroatoms. The molecule has 1 heterocycles. The first-order chi connectivity index (χ1) is 18.1. The van der Waals surface area contributed by atoms with Crippen LogP contribution in [-0.4, -0.2) is 35.7 Å². The van der Waals surface area contributed by atoms with Crippen molar-refractivity contribution in [3.05, 3.63) is 89.8 Å². The average Bonchev–Trinajstić information content (AvgIpc) is 3.12. The highest BCUT2D eigenvalue weighted by molar-refractivity contribution is 14.1. The molecule has 38 heavy (non-hydrogen) atoms. The van der Waals surface area contributed by atoms with Gasteiger partial charge in [-0.1, -0.05) is 41.4 Å². The number of rotatable bonds is 8. The molecule has 1 fully saturated rings. The normalized spacial score (nSPS) is 14.2. The number of nitrogens with one attached hydrogen (secondary N) is 1. The number of hydrogen-bond acceptors (Lipinski definition) is 6. The number of aryl methyl sites for hydroxylation is 1. The monoisotopic (exact) mass is 682 g/mol. The van der Waals surface area contributed by atoms with Crippen molar-refractivity contribution in [3.8, 4) is 11.5 Å². The third-order valence-corrected chi connectivity index (χ3v) is 7.81. The van der Waals surface area contributed by atoms with Gasteiger partial charge in [-0.05, 0) is 100 Å². The van der Waals surface area contributed by atoms with E-state index in [9.17, 15) is 14.4 Å². The van der Waals surface area contributed by atoms with Gasteiger partial charge in [0, 0.05) is 15.7 Å². The summed E-state index contributed by atoms with van der Waals surface area (Å²) in [5.74, 6) is 0.0197. The van der Waals surface area contributed by atoms with E-state index in [-0.39, 0.29) is 30.2 Å². The molecule has 1 aliphatic rings. The third-order valence-electron chi connectivity index (χ3n) is 5.46. The summed E-state index contributed by atoms with van der Waals surface area (Å²) in [6, 6.07) is 15.7. The number of anilines is 1. The van der Waals surface area contributed by atoms with Gasteiger partial charge in [-0.25, -0.2) is 0 Å². The summed E-state index contributed by atoms with van der Waals surface area (Å²) in [6.07, 6.45) is 1.63. The van der Waals surface area contributed by atoms with Gasteiger partial charge in [-0.15, -0.1) is 0 Å². The molecule has 1 saturated heterocycles. The standard InChI is InChI=1S/C27H21Cl2IN2O5S/c1-15-6-7-19(12-20(15)29)31-24(33)14-37-25-21(30)9-17(10-22(25)36-2)11-23-26(34)32(27(35)38-23)13-16-4-3-5-18(28)8-16/h3-12H,13-14H2,1-2H3,(H,31,33)/b23-11-. The fraction of sp³-hybridized carbons (Fsp3) is 0.148. The lowest BCUT2D eigenvalue weighted by atomic mass is 10.1. The van der Waals surface area contributed by atoms with Gasteiger partial charge in [0.25, 0.3) is 17.1 Å². The Morgan fingerprint density at radius 2 is 1.92 bits per heavy atom. The number of amides is 3. The smallest absolute Gasteiger partial charge is 0.293 e. The first kappa shape index (κ1) is 28.3. The second-order valence-electron chi connectivity index (χ2n) is 8.23. The van der Waals surface area contributed by atoms with Gasteiger partial charge in [-0.2, -0.15) is 0 Å². The number of methoxy groups -OCH3 is 1. The van der Waals surface area contributed by atoms with Crippen molar-refractivity contribution >= 4 is 86.4 Å². The van der Waals surface area contributed by atoms with Crippen molar-refractivity contribution < 1.29 is 23.9 Å². The first-order valence-electron chi connectivity index (χ1n) is 11.2. The van der Waals surface area contributed by atoms with Crippen molar-refractivity contribution in [1.82, 2.24) is 4.90 Å². The number of carbonyl (C=O) groups excluding carboxylic acids is 3. The Hall–Kier alpha value is -2.73. The Labute approximate surface area is 247 Å². The molecule has 0 saturated carbocycles. The van der Waals surface area contributed by atoms with Crippen LogP contribution in [0.25, 0.3) is 6.08 Å². The maximum Gasteiger partial charge on any atom is 0.293 e. The van der Waals surface area contributed by atoms with Gasteiger partial charge in [0.05, 0.1) is 22.1 Å². The molecule has 0 atom stereocenters. The number of benzene rings is 3. The Morgan fingerprint density at radius 3 is 2.63 bits per heavy atom. The van der Waals surface area contributed by atoms with Crippen LogP contribution < -0.4 is 14.8 Å². The van der Waals surface area contributed by atoms with Gasteiger partial charge in [-0.3, -0.25) is 19.3 Å². The van der Waals surface area contributed by atoms with Crippen LogP contribution in [0.2, 0.25) is 10.0 Å². The van der Waals surface area contributed by atoms with Gasteiger partial charge in [0.15, 0.2) is 18.1 Å². The van der Waals surface area contributed by atoms with E-state index < -0.39 is 0 Å². The number of thioether (sulfide) groups is 1. The Morgan fingerprint density at radius 1 is 1.13 bits per heavy atom. The molecule has 3 amide bonds. The summed E-state index contributed by atoms with van der Waals surface area (Å²) in [5, 5.41) is 3.47. The Kier molecular flexibility index (Phi) is 9.24. The highest BCUT2D eigenvalue weighted by Crippen LogP contribution is 2.38. The molecular formula is C27H21Cl2IN2O5S. The quantitative estimate of drug-likeness (QED) is 0.200. The van der Waals surface area contributed by atoms with Crippen LogP contribution in [0.1, 0.15) is 16.7 Å². The van der Waals surface area contributed by atoms with Crippen LogP contribution in [0.15, 0.2) is 59.5 Å². The predicted molar refractivity (Wildman–Crippen MR) is 159 cm³/mol. The van der Waals surface area contributed by atoms with Crippen molar-refractivity contribution in [2.24, 2.45) is 0 Å². The van der Waals surface area contributed by atoms with E-state index in [0.717, 1.165) is 22.9 Å². The molecule has 7 nitrogen and oxygen atoms in total. The summed E-state index contributed by atoms with van der Waals surface area (Å²) in [5.41, 5.74) is 2.88. The average molecular weight is 683 g/mol. The number of nitrogens with zero attached hydrogens (tertiary/aromatic N) is 1. The van der Waals surface area contributed by atoms with Crippen LogP contribution in [0.5, 0.6) is 11.5 Å². The molecule has 0 bridgehead atoms. The second kappa shape index (κ2) is 12.4. The lowest BCUT2D eigenvalue weighted by Gasteiger charge is -2.14. The minimum atomic E-state index is -0.387. The minimum absolute atomic E-state index is 0.132. The minimum Gasteiger partial charge on any atom is -0.493 e. The van der Waals surface area contributed by atoms with Gasteiger partial charge in [0.1, 0.15) is 0 Å². The zero-order valence-electron chi connectivity index (χ0n) is 20.2. The molecular weight excluding hydrogens is 662 g/mol. The van der Waals surface area contributed by atoms with Crippen LogP contribution >= 0.6 is 57.6 Å². The van der Waals surface area contributed by atoms with Crippen molar-refractivity contribution in [2.75, 3.05) is 19.0 Å². The van der Waals surface area contributed by atoms with E-state index in [2.05, 4.69) is 27.9 Å². The van der Waals surface area contributed by atoms with E-state index in [1.54, 1.807) is 54.6 Å². The largest absolute Gasteiger partial charge is 0.493 e. The Bertz CT molecular complexity index is 1460. The number of halogens is 3. The van der Waals surface area contributed by atoms with E-state index in [0.29, 0.717) is 41.3 Å². The topological polar surface area (TPSA) is 84.9 Å². The van der Waals surface area contributed by atoms with Crippen molar-refractivity contribution in [3.63, 3.8) is 0 Å². The first-order valence-corrected chi connectivity index (χ1v) is 13.9. The second-order valence-corrected chi connectivity index (χ2v) is 11.2. The highest BCUT2D eigenvalue weighted by Gasteiger charge is 2.35. The van der Waals surface area contributed by atoms with E-state index in [1.165, 1.54) is 12.0 Å². The molecule has 0 aliphatic carbocycles. The van der Waals surface area contributed by atoms with E-state index >= 15 is 0 Å². The molecule has 0 radical (unpaired) electrons. The maximum absolute atomic E-state index is 13.0. The molecule has 0 aromatic heterocycles. The number of imide groups is 1. The van der Waals surface area contributed by atoms with Crippen molar-refractivity contribution in [1.29, 1.82) is 0 Å². The molecule has 0 unspecified atom stereocenters. The SMILES string of the molecule is COc1cc(/C=C2\SC(=O)N(Cc3cccc(Cl)c3)C2=O)cc(I)c1OCC(=O)Nc1ccc(C)c(Cl)c1. The predicted octanol–water partition coefficient (Wildman–Crippen LogP) is 7.17.